The molecule has 0 spiro atoms. The summed E-state index contributed by atoms with van der Waals surface area (Å²) in [5.41, 5.74) is 4.29. The van der Waals surface area contributed by atoms with Crippen LogP contribution in [0.25, 0.3) is 0 Å². The van der Waals surface area contributed by atoms with Crippen LogP contribution in [0.3, 0.4) is 0 Å². The van der Waals surface area contributed by atoms with Gasteiger partial charge in [-0.15, -0.1) is 0 Å². The van der Waals surface area contributed by atoms with Gasteiger partial charge in [0.2, 0.25) is 0 Å². The van der Waals surface area contributed by atoms with E-state index in [1.165, 1.54) is 36.0 Å². The highest BCUT2D eigenvalue weighted by atomic mass is 16.5. The molecule has 0 radical (unpaired) electrons. The molecule has 0 aliphatic carbocycles. The van der Waals surface area contributed by atoms with E-state index in [4.69, 9.17) is 4.74 Å². The molecule has 1 heteroatoms. The van der Waals surface area contributed by atoms with E-state index in [1.54, 1.807) is 0 Å². The molecule has 0 saturated carbocycles. The van der Waals surface area contributed by atoms with Crippen molar-refractivity contribution in [3.05, 3.63) is 34.9 Å². The highest BCUT2D eigenvalue weighted by Crippen LogP contribution is 2.29. The molecular formula is C14H20O. The summed E-state index contributed by atoms with van der Waals surface area (Å²) in [4.78, 5) is 0. The Kier molecular flexibility index (Phi) is 3.42. The molecule has 15 heavy (non-hydrogen) atoms. The lowest BCUT2D eigenvalue weighted by molar-refractivity contribution is 0.134. The predicted molar refractivity (Wildman–Crippen MR) is 62.9 cm³/mol. The second kappa shape index (κ2) is 4.80. The summed E-state index contributed by atoms with van der Waals surface area (Å²) in [6.07, 6.45) is 3.82. The van der Waals surface area contributed by atoms with E-state index >= 15 is 0 Å². The summed E-state index contributed by atoms with van der Waals surface area (Å²) in [5, 5.41) is 0. The van der Waals surface area contributed by atoms with E-state index in [0.717, 1.165) is 19.1 Å². The second-order valence-corrected chi connectivity index (χ2v) is 4.41. The van der Waals surface area contributed by atoms with Gasteiger partial charge in [-0.2, -0.15) is 0 Å². The first-order valence-electron chi connectivity index (χ1n) is 6.04. The predicted octanol–water partition coefficient (Wildman–Crippen LogP) is 4.01. The highest BCUT2D eigenvalue weighted by Gasteiger charge is 2.14. The maximum Gasteiger partial charge on any atom is 0.0725 e. The minimum absolute atomic E-state index is 0.737. The monoisotopic (exact) mass is 204 g/mol. The van der Waals surface area contributed by atoms with Crippen molar-refractivity contribution in [2.75, 3.05) is 0 Å². The van der Waals surface area contributed by atoms with Crippen molar-refractivity contribution in [2.24, 2.45) is 0 Å². The molecule has 1 nitrogen and oxygen atoms in total. The summed E-state index contributed by atoms with van der Waals surface area (Å²) in [6.45, 7) is 6.16. The van der Waals surface area contributed by atoms with Crippen LogP contribution >= 0.6 is 0 Å². The average Bonchev–Trinajstić information content (AvgIpc) is 2.72. The lowest BCUT2D eigenvalue weighted by Crippen LogP contribution is -1.98. The van der Waals surface area contributed by atoms with Crippen LogP contribution in [-0.2, 0) is 18.0 Å². The number of benzene rings is 1. The Balaban J connectivity index is 2.20. The van der Waals surface area contributed by atoms with Gasteiger partial charge >= 0.3 is 0 Å². The second-order valence-electron chi connectivity index (χ2n) is 4.41. The van der Waals surface area contributed by atoms with Gasteiger partial charge in [0.15, 0.2) is 0 Å². The lowest BCUT2D eigenvalue weighted by Gasteiger charge is -2.15. The van der Waals surface area contributed by atoms with Gasteiger partial charge in [0.05, 0.1) is 13.2 Å². The third-order valence-corrected chi connectivity index (χ3v) is 3.35. The molecule has 1 atom stereocenters. The quantitative estimate of drug-likeness (QED) is 0.720. The number of rotatable bonds is 4. The minimum atomic E-state index is 0.737. The summed E-state index contributed by atoms with van der Waals surface area (Å²) < 4.78 is 5.44. The van der Waals surface area contributed by atoms with Crippen molar-refractivity contribution >= 4 is 0 Å². The first kappa shape index (κ1) is 10.7. The first-order valence-corrected chi connectivity index (χ1v) is 6.04. The van der Waals surface area contributed by atoms with Crippen LogP contribution in [0, 0.1) is 0 Å². The Morgan fingerprint density at radius 1 is 1.20 bits per heavy atom. The number of hydrogen-bond acceptors (Lipinski definition) is 1. The van der Waals surface area contributed by atoms with E-state index in [1.807, 2.05) is 0 Å². The Hall–Kier alpha value is -0.820. The largest absolute Gasteiger partial charge is 0.372 e. The van der Waals surface area contributed by atoms with Crippen molar-refractivity contribution in [1.29, 1.82) is 0 Å². The fourth-order valence-corrected chi connectivity index (χ4v) is 2.40. The third-order valence-electron chi connectivity index (χ3n) is 3.35. The number of ether oxygens (including phenoxy) is 1. The molecule has 1 aliphatic heterocycles. The van der Waals surface area contributed by atoms with Crippen molar-refractivity contribution in [2.45, 2.75) is 52.2 Å². The average molecular weight is 204 g/mol. The van der Waals surface area contributed by atoms with Crippen LogP contribution in [0.1, 0.15) is 55.7 Å². The van der Waals surface area contributed by atoms with Gasteiger partial charge in [0.1, 0.15) is 0 Å². The Morgan fingerprint density at radius 2 is 2.00 bits per heavy atom. The minimum Gasteiger partial charge on any atom is -0.372 e. The van der Waals surface area contributed by atoms with Crippen LogP contribution in [0.5, 0.6) is 0 Å². The first-order chi connectivity index (χ1) is 7.35. The normalized spacial score (nSPS) is 16.4. The SMILES string of the molecule is CCCC(CC)c1ccc2c(c1)COC2. The molecule has 1 heterocycles. The van der Waals surface area contributed by atoms with E-state index in [0.29, 0.717) is 0 Å². The Morgan fingerprint density at radius 3 is 2.73 bits per heavy atom. The summed E-state index contributed by atoms with van der Waals surface area (Å²) >= 11 is 0. The molecule has 0 bridgehead atoms. The molecule has 1 aromatic rings. The van der Waals surface area contributed by atoms with Crippen LogP contribution in [0.2, 0.25) is 0 Å². The van der Waals surface area contributed by atoms with Gasteiger partial charge in [0.25, 0.3) is 0 Å². The fourth-order valence-electron chi connectivity index (χ4n) is 2.40. The van der Waals surface area contributed by atoms with Gasteiger partial charge in [0, 0.05) is 0 Å². The molecule has 0 fully saturated rings. The molecule has 1 aromatic carbocycles. The van der Waals surface area contributed by atoms with Gasteiger partial charge in [-0.05, 0) is 35.4 Å². The summed E-state index contributed by atoms with van der Waals surface area (Å²) in [6, 6.07) is 6.89. The topological polar surface area (TPSA) is 9.23 Å². The molecule has 0 N–H and O–H groups in total. The standard InChI is InChI=1S/C14H20O/c1-3-5-11(4-2)12-6-7-13-9-15-10-14(13)8-12/h6-8,11H,3-5,9-10H2,1-2H3. The van der Waals surface area contributed by atoms with Crippen molar-refractivity contribution in [3.8, 4) is 0 Å². The van der Waals surface area contributed by atoms with E-state index < -0.39 is 0 Å². The molecule has 0 saturated heterocycles. The lowest BCUT2D eigenvalue weighted by atomic mass is 9.90. The van der Waals surface area contributed by atoms with Crippen LogP contribution in [0.15, 0.2) is 18.2 Å². The Bertz CT molecular complexity index is 330. The number of hydrogen-bond donors (Lipinski definition) is 0. The molecule has 82 valence electrons. The van der Waals surface area contributed by atoms with Crippen LogP contribution in [-0.4, -0.2) is 0 Å². The maximum atomic E-state index is 5.44. The van der Waals surface area contributed by atoms with E-state index in [2.05, 4.69) is 32.0 Å². The zero-order valence-corrected chi connectivity index (χ0v) is 9.75. The zero-order valence-electron chi connectivity index (χ0n) is 9.75. The van der Waals surface area contributed by atoms with Crippen LogP contribution < -0.4 is 0 Å². The van der Waals surface area contributed by atoms with E-state index in [-0.39, 0.29) is 0 Å². The van der Waals surface area contributed by atoms with Gasteiger partial charge in [-0.25, -0.2) is 0 Å². The van der Waals surface area contributed by atoms with Gasteiger partial charge in [-0.1, -0.05) is 38.5 Å². The molecule has 0 aromatic heterocycles. The molecule has 1 unspecified atom stereocenters. The van der Waals surface area contributed by atoms with Crippen molar-refractivity contribution < 1.29 is 4.74 Å². The number of fused-ring (bicyclic) bond motifs is 1. The van der Waals surface area contributed by atoms with E-state index in [9.17, 15) is 0 Å². The summed E-state index contributed by atoms with van der Waals surface area (Å²) in [7, 11) is 0. The van der Waals surface area contributed by atoms with Gasteiger partial charge in [-0.3, -0.25) is 0 Å². The fraction of sp³-hybridized carbons (Fsp3) is 0.571. The maximum absolute atomic E-state index is 5.44. The smallest absolute Gasteiger partial charge is 0.0725 e. The molecular weight excluding hydrogens is 184 g/mol. The molecule has 1 aliphatic rings. The third kappa shape index (κ3) is 2.23. The summed E-state index contributed by atoms with van der Waals surface area (Å²) in [5.74, 6) is 0.737. The van der Waals surface area contributed by atoms with Crippen molar-refractivity contribution in [3.63, 3.8) is 0 Å². The molecule has 2 rings (SSSR count). The van der Waals surface area contributed by atoms with Gasteiger partial charge < -0.3 is 4.74 Å². The molecule has 0 amide bonds. The highest BCUT2D eigenvalue weighted by molar-refractivity contribution is 5.34. The van der Waals surface area contributed by atoms with Crippen molar-refractivity contribution in [1.82, 2.24) is 0 Å². The van der Waals surface area contributed by atoms with Crippen LogP contribution in [0.4, 0.5) is 0 Å². The zero-order chi connectivity index (χ0) is 10.7. The Labute approximate surface area is 92.5 Å².